The summed E-state index contributed by atoms with van der Waals surface area (Å²) in [5.74, 6) is 1.08. The quantitative estimate of drug-likeness (QED) is 0.182. The zero-order valence-electron chi connectivity index (χ0n) is 20.2. The highest BCUT2D eigenvalue weighted by molar-refractivity contribution is 6.98. The lowest BCUT2D eigenvalue weighted by Gasteiger charge is -2.31. The molecule has 3 rings (SSSR count). The average Bonchev–Trinajstić information content (AvgIpc) is 2.80. The van der Waals surface area contributed by atoms with Crippen LogP contribution in [0.3, 0.4) is 0 Å². The van der Waals surface area contributed by atoms with Gasteiger partial charge in [0.05, 0.1) is 7.74 Å². The first-order valence-corrected chi connectivity index (χ1v) is 10.8. The van der Waals surface area contributed by atoms with E-state index in [-0.39, 0.29) is 10.8 Å². The molecular formula is C27H27B2FN2O2. The molecule has 4 nitrogen and oxygen atoms in total. The van der Waals surface area contributed by atoms with E-state index < -0.39 is 6.88 Å². The normalized spacial score (nSPS) is 10.7. The van der Waals surface area contributed by atoms with Crippen LogP contribution in [0.4, 0.5) is 4.32 Å². The highest BCUT2D eigenvalue weighted by Crippen LogP contribution is 2.37. The van der Waals surface area contributed by atoms with Crippen LogP contribution in [0.2, 0.25) is 6.82 Å². The van der Waals surface area contributed by atoms with Crippen molar-refractivity contribution in [2.75, 3.05) is 0 Å². The minimum atomic E-state index is -1.17. The zero-order valence-corrected chi connectivity index (χ0v) is 20.2. The van der Waals surface area contributed by atoms with E-state index >= 15 is 0 Å². The highest BCUT2D eigenvalue weighted by Gasteiger charge is 2.28. The van der Waals surface area contributed by atoms with Crippen molar-refractivity contribution in [3.05, 3.63) is 107 Å². The predicted molar refractivity (Wildman–Crippen MR) is 136 cm³/mol. The van der Waals surface area contributed by atoms with Gasteiger partial charge < -0.3 is 9.05 Å². The third-order valence-electron chi connectivity index (χ3n) is 5.77. The molecule has 0 spiro atoms. The van der Waals surface area contributed by atoms with Crippen LogP contribution in [0.25, 0.3) is 5.01 Å². The summed E-state index contributed by atoms with van der Waals surface area (Å²) in [6, 6.07) is 23.9. The van der Waals surface area contributed by atoms with Crippen LogP contribution in [0.1, 0.15) is 49.9 Å². The molecule has 0 aliphatic rings. The van der Waals surface area contributed by atoms with Crippen LogP contribution >= 0.6 is 0 Å². The van der Waals surface area contributed by atoms with Gasteiger partial charge in [-0.15, -0.1) is 5.26 Å². The second-order valence-corrected chi connectivity index (χ2v) is 8.93. The van der Waals surface area contributed by atoms with Crippen LogP contribution in [-0.4, -0.2) is 14.6 Å². The Morgan fingerprint density at radius 2 is 1.26 bits per heavy atom. The molecule has 170 valence electrons. The number of hydrogen-bond donors (Lipinski definition) is 0. The van der Waals surface area contributed by atoms with Gasteiger partial charge in [0.25, 0.3) is 13.1 Å². The Labute approximate surface area is 203 Å². The topological polar surface area (TPSA) is 46.6 Å². The fourth-order valence-electron chi connectivity index (χ4n) is 3.61. The molecule has 3 aromatic carbocycles. The highest BCUT2D eigenvalue weighted by atomic mass is 19.1. The molecule has 3 aromatic rings. The molecule has 0 bridgehead atoms. The van der Waals surface area contributed by atoms with Crippen molar-refractivity contribution in [3.8, 4) is 17.8 Å². The molecule has 0 aliphatic heterocycles. The first-order valence-electron chi connectivity index (χ1n) is 10.8. The second kappa shape index (κ2) is 11.4. The Hall–Kier alpha value is -3.70. The van der Waals surface area contributed by atoms with Crippen LogP contribution in [-0.2, 0) is 10.8 Å². The van der Waals surface area contributed by atoms with Crippen molar-refractivity contribution in [2.24, 2.45) is 0 Å². The summed E-state index contributed by atoms with van der Waals surface area (Å²) in [5, 5.41) is 11.6. The molecule has 0 unspecified atom stereocenters. The molecular weight excluding hydrogens is 425 g/mol. The average molecular weight is 452 g/mol. The van der Waals surface area contributed by atoms with Gasteiger partial charge in [0.15, 0.2) is 0 Å². The fraction of sp³-hybridized carbons (Fsp3) is 0.259. The lowest BCUT2D eigenvalue weighted by Crippen LogP contribution is -2.22. The maximum Gasteiger partial charge on any atom is 0.292 e. The monoisotopic (exact) mass is 452 g/mol. The number of rotatable bonds is 6. The number of ether oxygens (including phenoxy) is 1. The van der Waals surface area contributed by atoms with Gasteiger partial charge in [0.2, 0.25) is 5.75 Å². The molecule has 0 N–H and O–H groups in total. The second-order valence-electron chi connectivity index (χ2n) is 8.93. The molecule has 34 heavy (non-hydrogen) atoms. The van der Waals surface area contributed by atoms with Crippen molar-refractivity contribution in [2.45, 2.75) is 45.3 Å². The van der Waals surface area contributed by atoms with Crippen LogP contribution in [0.15, 0.2) is 72.8 Å². The molecule has 0 heterocycles. The molecule has 0 aromatic heterocycles. The van der Waals surface area contributed by atoms with Gasteiger partial charge in [-0.3, -0.25) is 0 Å². The maximum absolute atomic E-state index is 10.8. The zero-order chi connectivity index (χ0) is 25.4. The molecule has 2 radical (unpaired) electrons. The number of nitrogens with zero attached hydrogens (tertiary/aromatic N) is 2. The van der Waals surface area contributed by atoms with Crippen molar-refractivity contribution < 1.29 is 13.9 Å². The lowest BCUT2D eigenvalue weighted by atomic mass is 9.53. The van der Waals surface area contributed by atoms with Crippen LogP contribution < -0.4 is 9.57 Å². The third-order valence-corrected chi connectivity index (χ3v) is 5.77. The van der Waals surface area contributed by atoms with Crippen molar-refractivity contribution in [1.82, 2.24) is 0 Å². The van der Waals surface area contributed by atoms with Gasteiger partial charge >= 0.3 is 0 Å². The summed E-state index contributed by atoms with van der Waals surface area (Å²) < 4.78 is 15.7. The van der Waals surface area contributed by atoms with E-state index in [9.17, 15) is 4.32 Å². The summed E-state index contributed by atoms with van der Waals surface area (Å²) in [5.41, 5.74) is 4.26. The number of benzene rings is 3. The molecule has 0 amide bonds. The van der Waals surface area contributed by atoms with E-state index in [0.29, 0.717) is 11.5 Å². The van der Waals surface area contributed by atoms with Crippen LogP contribution in [0.5, 0.6) is 11.5 Å². The minimum absolute atomic E-state index is 0.215. The Kier molecular flexibility index (Phi) is 8.93. The van der Waals surface area contributed by atoms with Crippen molar-refractivity contribution >= 4 is 14.6 Å². The van der Waals surface area contributed by atoms with Gasteiger partial charge in [0, 0.05) is 10.8 Å². The van der Waals surface area contributed by atoms with Crippen molar-refractivity contribution in [1.29, 1.82) is 5.26 Å². The fourth-order valence-corrected chi connectivity index (χ4v) is 3.61. The predicted octanol–water partition coefficient (Wildman–Crippen LogP) is 6.65. The molecule has 0 saturated carbocycles. The standard InChI is InChI=1S/C26H24N2O2.CH3B2F/c1-25(2,19-9-13-23(14-10-19)29-18-27)21-7-6-8-22(17-21)26(3,4)20-11-15-24(16-12-20)30-28-5;1-3(2)4/h6-17H,1-4H3;1H3. The molecule has 0 atom stereocenters. The van der Waals surface area contributed by atoms with E-state index in [0.717, 1.165) is 11.1 Å². The van der Waals surface area contributed by atoms with Crippen LogP contribution in [0, 0.1) is 18.1 Å². The first kappa shape index (κ1) is 26.6. The molecule has 0 saturated heterocycles. The first-order chi connectivity index (χ1) is 16.0. The van der Waals surface area contributed by atoms with Gasteiger partial charge in [0.1, 0.15) is 5.75 Å². The van der Waals surface area contributed by atoms with Gasteiger partial charge in [-0.05, 0) is 51.5 Å². The lowest BCUT2D eigenvalue weighted by molar-refractivity contribution is 0.472. The van der Waals surface area contributed by atoms with Crippen molar-refractivity contribution in [3.63, 3.8) is 0 Å². The smallest absolute Gasteiger partial charge is 0.292 e. The van der Waals surface area contributed by atoms with E-state index in [2.05, 4.69) is 64.7 Å². The van der Waals surface area contributed by atoms with E-state index in [4.69, 9.17) is 21.4 Å². The molecule has 0 aliphatic carbocycles. The summed E-state index contributed by atoms with van der Waals surface area (Å²) in [4.78, 5) is 4.88. The van der Waals surface area contributed by atoms with Gasteiger partial charge in [-0.25, -0.2) is 0 Å². The molecule has 7 heteroatoms. The summed E-state index contributed by atoms with van der Waals surface area (Å²) in [6.07, 6.45) is 1.70. The third kappa shape index (κ3) is 6.65. The Morgan fingerprint density at radius 1 is 0.853 bits per heavy atom. The Balaban J connectivity index is 0.000000945. The maximum atomic E-state index is 10.8. The van der Waals surface area contributed by atoms with Gasteiger partial charge in [-0.2, -0.15) is 11.4 Å². The summed E-state index contributed by atoms with van der Waals surface area (Å²) >= 11 is 0. The van der Waals surface area contributed by atoms with Gasteiger partial charge in [-0.1, -0.05) is 83.0 Å². The Morgan fingerprint density at radius 3 is 1.65 bits per heavy atom. The van der Waals surface area contributed by atoms with E-state index in [1.807, 2.05) is 48.5 Å². The number of halogens is 1. The van der Waals surface area contributed by atoms with E-state index in [1.54, 1.807) is 6.26 Å². The van der Waals surface area contributed by atoms with E-state index in [1.165, 1.54) is 17.9 Å². The largest absolute Gasteiger partial charge is 0.388 e. The SMILES string of the molecule is [B]B(C)F.[C-]#[N+]Oc1ccc(C(C)(C)c2cccc(C(C)(C)c3ccc(OC#N)cc3)c2)cc1. The Bertz CT molecular complexity index is 1070. The number of hydrogen-bond acceptors (Lipinski definition) is 3. The summed E-state index contributed by atoms with van der Waals surface area (Å²) in [6.45, 7) is 15.7. The molecule has 0 fully saturated rings. The summed E-state index contributed by atoms with van der Waals surface area (Å²) in [7, 11) is 4.44. The minimum Gasteiger partial charge on any atom is -0.388 e. The number of nitriles is 1.